The largest absolute Gasteiger partial charge is 0.508 e. The fraction of sp³-hybridized carbons (Fsp3) is 0.346. The number of thiol groups is 1. The van der Waals surface area contributed by atoms with Crippen molar-refractivity contribution in [2.24, 2.45) is 5.73 Å². The van der Waals surface area contributed by atoms with Crippen molar-refractivity contribution in [2.75, 3.05) is 5.75 Å². The molecule has 8 N–H and O–H groups in total. The van der Waals surface area contributed by atoms with Crippen LogP contribution in [0.15, 0.2) is 54.6 Å². The number of carbonyl (C=O) groups excluding carboxylic acids is 3. The van der Waals surface area contributed by atoms with Crippen molar-refractivity contribution in [3.05, 3.63) is 65.7 Å². The molecule has 0 aliphatic rings. The summed E-state index contributed by atoms with van der Waals surface area (Å²) in [5.74, 6) is -5.11. The Labute approximate surface area is 230 Å². The van der Waals surface area contributed by atoms with E-state index in [2.05, 4.69) is 28.6 Å². The molecule has 0 bridgehead atoms. The number of aromatic hydroxyl groups is 1. The van der Waals surface area contributed by atoms with Crippen LogP contribution in [0.1, 0.15) is 24.0 Å². The molecule has 4 atom stereocenters. The topological polar surface area (TPSA) is 208 Å². The number of nitrogens with two attached hydrogens (primary N) is 1. The molecular formula is C26H32N4O8S. The lowest BCUT2D eigenvalue weighted by Crippen LogP contribution is -2.58. The molecule has 0 saturated carbocycles. The van der Waals surface area contributed by atoms with Crippen molar-refractivity contribution in [2.45, 2.75) is 49.9 Å². The van der Waals surface area contributed by atoms with E-state index in [1.54, 1.807) is 24.3 Å². The van der Waals surface area contributed by atoms with Gasteiger partial charge in [-0.15, -0.1) is 0 Å². The van der Waals surface area contributed by atoms with Crippen molar-refractivity contribution >= 4 is 42.3 Å². The molecule has 2 aromatic rings. The number of phenols is 1. The number of nitrogens with one attached hydrogen (secondary N) is 3. The number of carboxylic acids is 2. The van der Waals surface area contributed by atoms with Gasteiger partial charge in [-0.05, 0) is 36.1 Å². The van der Waals surface area contributed by atoms with Gasteiger partial charge in [0.25, 0.3) is 0 Å². The van der Waals surface area contributed by atoms with E-state index in [4.69, 9.17) is 10.8 Å². The summed E-state index contributed by atoms with van der Waals surface area (Å²) in [7, 11) is 0. The quantitative estimate of drug-likeness (QED) is 0.136. The Morgan fingerprint density at radius 1 is 0.744 bits per heavy atom. The van der Waals surface area contributed by atoms with Crippen LogP contribution in [0.4, 0.5) is 0 Å². The molecule has 0 aliphatic carbocycles. The lowest BCUT2D eigenvalue weighted by molar-refractivity contribution is -0.143. The zero-order valence-corrected chi connectivity index (χ0v) is 21.8. The van der Waals surface area contributed by atoms with E-state index >= 15 is 0 Å². The first-order chi connectivity index (χ1) is 18.5. The van der Waals surface area contributed by atoms with Gasteiger partial charge in [0.15, 0.2) is 0 Å². The van der Waals surface area contributed by atoms with E-state index in [0.717, 1.165) is 5.56 Å². The van der Waals surface area contributed by atoms with E-state index in [-0.39, 0.29) is 30.8 Å². The molecule has 2 rings (SSSR count). The second-order valence-electron chi connectivity index (χ2n) is 8.80. The minimum absolute atomic E-state index is 0.0158. The molecule has 13 heteroatoms. The highest BCUT2D eigenvalue weighted by atomic mass is 32.1. The second-order valence-corrected chi connectivity index (χ2v) is 9.17. The molecule has 0 saturated heterocycles. The summed E-state index contributed by atoms with van der Waals surface area (Å²) in [5.41, 5.74) is 7.30. The Kier molecular flexibility index (Phi) is 12.2. The first-order valence-corrected chi connectivity index (χ1v) is 12.7. The van der Waals surface area contributed by atoms with Crippen LogP contribution in [0.2, 0.25) is 0 Å². The van der Waals surface area contributed by atoms with E-state index in [1.165, 1.54) is 24.3 Å². The maximum absolute atomic E-state index is 12.9. The van der Waals surface area contributed by atoms with E-state index in [9.17, 15) is 34.2 Å². The monoisotopic (exact) mass is 560 g/mol. The number of amides is 3. The van der Waals surface area contributed by atoms with Crippen molar-refractivity contribution < 1.29 is 39.3 Å². The second kappa shape index (κ2) is 15.3. The maximum Gasteiger partial charge on any atom is 0.326 e. The lowest BCUT2D eigenvalue weighted by Gasteiger charge is -2.24. The van der Waals surface area contributed by atoms with Crippen LogP contribution in [0, 0.1) is 0 Å². The van der Waals surface area contributed by atoms with Gasteiger partial charge in [-0.25, -0.2) is 4.79 Å². The molecule has 0 radical (unpaired) electrons. The van der Waals surface area contributed by atoms with Gasteiger partial charge in [0, 0.05) is 18.6 Å². The zero-order chi connectivity index (χ0) is 28.9. The third kappa shape index (κ3) is 10.7. The third-order valence-electron chi connectivity index (χ3n) is 5.72. The summed E-state index contributed by atoms with van der Waals surface area (Å²) in [6.45, 7) is 0. The van der Waals surface area contributed by atoms with Crippen LogP contribution >= 0.6 is 12.6 Å². The van der Waals surface area contributed by atoms with Crippen molar-refractivity contribution in [1.29, 1.82) is 0 Å². The van der Waals surface area contributed by atoms with Gasteiger partial charge in [0.1, 0.15) is 23.9 Å². The van der Waals surface area contributed by atoms with Gasteiger partial charge in [-0.3, -0.25) is 19.2 Å². The molecule has 210 valence electrons. The molecule has 2 aromatic carbocycles. The summed E-state index contributed by atoms with van der Waals surface area (Å²) < 4.78 is 0. The molecule has 0 fully saturated rings. The minimum Gasteiger partial charge on any atom is -0.508 e. The number of hydrogen-bond donors (Lipinski definition) is 8. The van der Waals surface area contributed by atoms with Gasteiger partial charge in [-0.1, -0.05) is 42.5 Å². The number of carboxylic acid groups (broad SMARTS) is 2. The highest BCUT2D eigenvalue weighted by molar-refractivity contribution is 7.80. The fourth-order valence-corrected chi connectivity index (χ4v) is 3.84. The third-order valence-corrected chi connectivity index (χ3v) is 6.09. The maximum atomic E-state index is 12.9. The fourth-order valence-electron chi connectivity index (χ4n) is 3.58. The van der Waals surface area contributed by atoms with Crippen LogP contribution in [-0.2, 0) is 36.8 Å². The molecule has 0 aromatic heterocycles. The summed E-state index contributed by atoms with van der Waals surface area (Å²) in [6, 6.07) is 9.74. The summed E-state index contributed by atoms with van der Waals surface area (Å²) >= 11 is 4.09. The number of carbonyl (C=O) groups is 5. The SMILES string of the molecule is NC(Cc1ccccc1)C(=O)NC(CS)C(=O)NC(CCC(=O)O)C(=O)NC(Cc1ccc(O)cc1)C(=O)O. The van der Waals surface area contributed by atoms with Gasteiger partial charge in [-0.2, -0.15) is 12.6 Å². The van der Waals surface area contributed by atoms with Gasteiger partial charge >= 0.3 is 11.9 Å². The van der Waals surface area contributed by atoms with Gasteiger partial charge in [0.2, 0.25) is 17.7 Å². The van der Waals surface area contributed by atoms with Crippen LogP contribution in [-0.4, -0.2) is 74.9 Å². The number of benzene rings is 2. The van der Waals surface area contributed by atoms with Gasteiger partial charge < -0.3 is 37.0 Å². The Morgan fingerprint density at radius 3 is 1.85 bits per heavy atom. The number of rotatable bonds is 15. The Balaban J connectivity index is 2.07. The first kappa shape index (κ1) is 31.1. The number of aliphatic carboxylic acids is 2. The Hall–Kier alpha value is -4.10. The van der Waals surface area contributed by atoms with Crippen molar-refractivity contribution in [3.63, 3.8) is 0 Å². The molecule has 12 nitrogen and oxygen atoms in total. The smallest absolute Gasteiger partial charge is 0.326 e. The van der Waals surface area contributed by atoms with E-state index < -0.39 is 60.2 Å². The van der Waals surface area contributed by atoms with Crippen LogP contribution in [0.3, 0.4) is 0 Å². The molecule has 4 unspecified atom stereocenters. The lowest BCUT2D eigenvalue weighted by atomic mass is 10.0. The van der Waals surface area contributed by atoms with Crippen LogP contribution in [0.5, 0.6) is 5.75 Å². The zero-order valence-electron chi connectivity index (χ0n) is 20.9. The van der Waals surface area contributed by atoms with Crippen molar-refractivity contribution in [1.82, 2.24) is 16.0 Å². The molecule has 0 aliphatic heterocycles. The molecule has 3 amide bonds. The molecular weight excluding hydrogens is 528 g/mol. The molecule has 39 heavy (non-hydrogen) atoms. The molecule has 0 heterocycles. The minimum atomic E-state index is -1.41. The number of phenolic OH excluding ortho intramolecular Hbond substituents is 1. The Morgan fingerprint density at radius 2 is 1.28 bits per heavy atom. The normalized spacial score (nSPS) is 13.8. The standard InChI is InChI=1S/C26H32N4O8S/c27-18(12-15-4-2-1-3-5-15)23(34)30-21(14-39)25(36)28-19(10-11-22(32)33)24(35)29-20(26(37)38)13-16-6-8-17(31)9-7-16/h1-9,18-21,31,39H,10-14,27H2,(H,28,36)(H,29,35)(H,30,34)(H,32,33)(H,37,38). The van der Waals surface area contributed by atoms with Crippen LogP contribution < -0.4 is 21.7 Å². The average Bonchev–Trinajstić information content (AvgIpc) is 2.90. The first-order valence-electron chi connectivity index (χ1n) is 12.0. The molecule has 0 spiro atoms. The average molecular weight is 561 g/mol. The van der Waals surface area contributed by atoms with Gasteiger partial charge in [0.05, 0.1) is 6.04 Å². The summed E-state index contributed by atoms with van der Waals surface area (Å²) in [5, 5.41) is 35.3. The highest BCUT2D eigenvalue weighted by Gasteiger charge is 2.30. The van der Waals surface area contributed by atoms with E-state index in [1.807, 2.05) is 6.07 Å². The van der Waals surface area contributed by atoms with Crippen molar-refractivity contribution in [3.8, 4) is 5.75 Å². The highest BCUT2D eigenvalue weighted by Crippen LogP contribution is 2.12. The predicted molar refractivity (Wildman–Crippen MR) is 144 cm³/mol. The van der Waals surface area contributed by atoms with E-state index in [0.29, 0.717) is 5.56 Å². The summed E-state index contributed by atoms with van der Waals surface area (Å²) in [6.07, 6.45) is -0.739. The Bertz CT molecular complexity index is 1150. The summed E-state index contributed by atoms with van der Waals surface area (Å²) in [4.78, 5) is 61.3. The van der Waals surface area contributed by atoms with Crippen LogP contribution in [0.25, 0.3) is 0 Å². The predicted octanol–water partition coefficient (Wildman–Crippen LogP) is -0.162. The number of hydrogen-bond acceptors (Lipinski definition) is 8.